The standard InChI is InChI=1S/C19H19BrFNO2/c20-16-3-1-2-14(12-16)18(23)22-13-19(8-10-24-11-9-19)15-4-6-17(21)7-5-15/h1-7,12H,8-11,13H2,(H,22,23). The summed E-state index contributed by atoms with van der Waals surface area (Å²) < 4.78 is 19.6. The van der Waals surface area contributed by atoms with E-state index in [-0.39, 0.29) is 17.1 Å². The maximum Gasteiger partial charge on any atom is 0.251 e. The number of carbonyl (C=O) groups excluding carboxylic acids is 1. The van der Waals surface area contributed by atoms with Gasteiger partial charge in [0.05, 0.1) is 0 Å². The summed E-state index contributed by atoms with van der Waals surface area (Å²) in [4.78, 5) is 12.4. The Balaban J connectivity index is 1.77. The van der Waals surface area contributed by atoms with Gasteiger partial charge in [0.1, 0.15) is 5.82 Å². The van der Waals surface area contributed by atoms with Gasteiger partial charge in [-0.3, -0.25) is 4.79 Å². The summed E-state index contributed by atoms with van der Waals surface area (Å²) in [5.41, 5.74) is 1.44. The van der Waals surface area contributed by atoms with Crippen molar-refractivity contribution in [2.45, 2.75) is 18.3 Å². The average Bonchev–Trinajstić information content (AvgIpc) is 2.61. The van der Waals surface area contributed by atoms with E-state index in [0.717, 1.165) is 22.9 Å². The molecule has 3 nitrogen and oxygen atoms in total. The lowest BCUT2D eigenvalue weighted by Gasteiger charge is -2.38. The molecule has 3 rings (SSSR count). The minimum absolute atomic E-state index is 0.107. The van der Waals surface area contributed by atoms with E-state index in [4.69, 9.17) is 4.74 Å². The highest BCUT2D eigenvalue weighted by Gasteiger charge is 2.35. The van der Waals surface area contributed by atoms with E-state index in [9.17, 15) is 9.18 Å². The van der Waals surface area contributed by atoms with Crippen LogP contribution in [0.15, 0.2) is 53.0 Å². The van der Waals surface area contributed by atoms with Crippen molar-refractivity contribution < 1.29 is 13.9 Å². The third kappa shape index (κ3) is 3.84. The van der Waals surface area contributed by atoms with Crippen LogP contribution >= 0.6 is 15.9 Å². The van der Waals surface area contributed by atoms with Gasteiger partial charge >= 0.3 is 0 Å². The van der Waals surface area contributed by atoms with Crippen molar-refractivity contribution in [3.63, 3.8) is 0 Å². The molecule has 1 aliphatic heterocycles. The van der Waals surface area contributed by atoms with Crippen LogP contribution in [0.3, 0.4) is 0 Å². The lowest BCUT2D eigenvalue weighted by molar-refractivity contribution is 0.0487. The van der Waals surface area contributed by atoms with Gasteiger partial charge in [-0.1, -0.05) is 34.1 Å². The Hall–Kier alpha value is -1.72. The number of hydrogen-bond donors (Lipinski definition) is 1. The highest BCUT2D eigenvalue weighted by molar-refractivity contribution is 9.10. The molecule has 1 amide bonds. The number of amides is 1. The maximum absolute atomic E-state index is 13.3. The fourth-order valence-corrected chi connectivity index (χ4v) is 3.51. The molecule has 126 valence electrons. The van der Waals surface area contributed by atoms with Gasteiger partial charge in [0.25, 0.3) is 5.91 Å². The molecular formula is C19H19BrFNO2. The third-order valence-electron chi connectivity index (χ3n) is 4.58. The summed E-state index contributed by atoms with van der Waals surface area (Å²) in [7, 11) is 0. The Morgan fingerprint density at radius 2 is 1.88 bits per heavy atom. The molecule has 1 N–H and O–H groups in total. The first-order valence-corrected chi connectivity index (χ1v) is 8.76. The number of benzene rings is 2. The predicted molar refractivity (Wildman–Crippen MR) is 94.6 cm³/mol. The smallest absolute Gasteiger partial charge is 0.251 e. The summed E-state index contributed by atoms with van der Waals surface area (Å²) >= 11 is 3.38. The van der Waals surface area contributed by atoms with E-state index < -0.39 is 0 Å². The zero-order chi connectivity index (χ0) is 17.0. The van der Waals surface area contributed by atoms with Crippen LogP contribution in [0, 0.1) is 5.82 Å². The fourth-order valence-electron chi connectivity index (χ4n) is 3.11. The van der Waals surface area contributed by atoms with E-state index in [1.165, 1.54) is 12.1 Å². The number of carbonyl (C=O) groups is 1. The Morgan fingerprint density at radius 3 is 2.54 bits per heavy atom. The highest BCUT2D eigenvalue weighted by Crippen LogP contribution is 2.34. The van der Waals surface area contributed by atoms with Crippen molar-refractivity contribution in [3.05, 3.63) is 69.9 Å². The second-order valence-corrected chi connectivity index (χ2v) is 7.01. The first-order valence-electron chi connectivity index (χ1n) is 7.97. The minimum atomic E-state index is -0.251. The van der Waals surface area contributed by atoms with Crippen LogP contribution in [0.1, 0.15) is 28.8 Å². The first kappa shape index (κ1) is 17.1. The lowest BCUT2D eigenvalue weighted by Crippen LogP contribution is -2.44. The molecule has 1 saturated heterocycles. The van der Waals surface area contributed by atoms with Crippen LogP contribution in [0.25, 0.3) is 0 Å². The molecule has 0 aliphatic carbocycles. The van der Waals surface area contributed by atoms with Crippen LogP contribution in [0.4, 0.5) is 4.39 Å². The molecule has 0 radical (unpaired) electrons. The van der Waals surface area contributed by atoms with Crippen LogP contribution in [-0.2, 0) is 10.2 Å². The van der Waals surface area contributed by atoms with Crippen molar-refractivity contribution in [1.82, 2.24) is 5.32 Å². The number of hydrogen-bond acceptors (Lipinski definition) is 2. The quantitative estimate of drug-likeness (QED) is 0.852. The van der Waals surface area contributed by atoms with Gasteiger partial charge in [-0.05, 0) is 48.7 Å². The second-order valence-electron chi connectivity index (χ2n) is 6.09. The summed E-state index contributed by atoms with van der Waals surface area (Å²) in [6.45, 7) is 1.79. The van der Waals surface area contributed by atoms with E-state index in [2.05, 4.69) is 21.2 Å². The fraction of sp³-hybridized carbons (Fsp3) is 0.316. The van der Waals surface area contributed by atoms with Crippen molar-refractivity contribution >= 4 is 21.8 Å². The van der Waals surface area contributed by atoms with Gasteiger partial charge < -0.3 is 10.1 Å². The Bertz CT molecular complexity index is 712. The predicted octanol–water partition coefficient (Wildman–Crippen LogP) is 4.07. The molecular weight excluding hydrogens is 373 g/mol. The molecule has 24 heavy (non-hydrogen) atoms. The van der Waals surface area contributed by atoms with Crippen LogP contribution in [0.5, 0.6) is 0 Å². The molecule has 1 fully saturated rings. The SMILES string of the molecule is O=C(NCC1(c2ccc(F)cc2)CCOCC1)c1cccc(Br)c1. The molecule has 2 aromatic carbocycles. The van der Waals surface area contributed by atoms with Gasteiger partial charge in [0.15, 0.2) is 0 Å². The summed E-state index contributed by atoms with van der Waals surface area (Å²) in [5.74, 6) is -0.358. The largest absolute Gasteiger partial charge is 0.381 e. The molecule has 0 spiro atoms. The Morgan fingerprint density at radius 1 is 1.17 bits per heavy atom. The summed E-state index contributed by atoms with van der Waals surface area (Å²) in [6.07, 6.45) is 1.61. The summed E-state index contributed by atoms with van der Waals surface area (Å²) in [5, 5.41) is 3.04. The average molecular weight is 392 g/mol. The van der Waals surface area contributed by atoms with Crippen molar-refractivity contribution in [1.29, 1.82) is 0 Å². The van der Waals surface area contributed by atoms with Gasteiger partial charge in [0.2, 0.25) is 0 Å². The van der Waals surface area contributed by atoms with Crippen LogP contribution < -0.4 is 5.32 Å². The normalized spacial score (nSPS) is 16.6. The van der Waals surface area contributed by atoms with E-state index in [0.29, 0.717) is 25.3 Å². The highest BCUT2D eigenvalue weighted by atomic mass is 79.9. The molecule has 2 aromatic rings. The zero-order valence-corrected chi connectivity index (χ0v) is 14.8. The van der Waals surface area contributed by atoms with E-state index >= 15 is 0 Å². The van der Waals surface area contributed by atoms with Crippen molar-refractivity contribution in [2.75, 3.05) is 19.8 Å². The number of halogens is 2. The van der Waals surface area contributed by atoms with E-state index in [1.807, 2.05) is 24.3 Å². The molecule has 0 saturated carbocycles. The monoisotopic (exact) mass is 391 g/mol. The maximum atomic E-state index is 13.3. The zero-order valence-electron chi connectivity index (χ0n) is 13.2. The molecule has 0 bridgehead atoms. The topological polar surface area (TPSA) is 38.3 Å². The lowest BCUT2D eigenvalue weighted by atomic mass is 9.74. The van der Waals surface area contributed by atoms with E-state index in [1.54, 1.807) is 12.1 Å². The number of rotatable bonds is 4. The Labute approximate surface area is 149 Å². The van der Waals surface area contributed by atoms with Gasteiger partial charge in [-0.15, -0.1) is 0 Å². The summed E-state index contributed by atoms with van der Waals surface area (Å²) in [6, 6.07) is 13.9. The first-order chi connectivity index (χ1) is 11.6. The van der Waals surface area contributed by atoms with Gasteiger partial charge in [0, 0.05) is 35.2 Å². The van der Waals surface area contributed by atoms with Crippen LogP contribution in [-0.4, -0.2) is 25.7 Å². The molecule has 0 aromatic heterocycles. The number of ether oxygens (including phenoxy) is 1. The molecule has 0 unspecified atom stereocenters. The van der Waals surface area contributed by atoms with Crippen LogP contribution in [0.2, 0.25) is 0 Å². The minimum Gasteiger partial charge on any atom is -0.381 e. The van der Waals surface area contributed by atoms with Gasteiger partial charge in [-0.25, -0.2) is 4.39 Å². The Kier molecular flexibility index (Phi) is 5.31. The third-order valence-corrected chi connectivity index (χ3v) is 5.07. The van der Waals surface area contributed by atoms with Crippen molar-refractivity contribution in [2.24, 2.45) is 0 Å². The molecule has 5 heteroatoms. The van der Waals surface area contributed by atoms with Gasteiger partial charge in [-0.2, -0.15) is 0 Å². The molecule has 1 aliphatic rings. The molecule has 1 heterocycles. The van der Waals surface area contributed by atoms with Crippen molar-refractivity contribution in [3.8, 4) is 0 Å². The second kappa shape index (κ2) is 7.45. The molecule has 0 atom stereocenters. The number of nitrogens with one attached hydrogen (secondary N) is 1.